The van der Waals surface area contributed by atoms with E-state index >= 15 is 0 Å². The summed E-state index contributed by atoms with van der Waals surface area (Å²) < 4.78 is 0. The Bertz CT molecular complexity index is 843. The Morgan fingerprint density at radius 2 is 2.12 bits per heavy atom. The highest BCUT2D eigenvalue weighted by atomic mass is 16.6. The number of nitrogens with zero attached hydrogens (tertiary/aromatic N) is 3. The minimum Gasteiger partial charge on any atom is -0.377 e. The van der Waals surface area contributed by atoms with Crippen molar-refractivity contribution in [1.29, 1.82) is 0 Å². The van der Waals surface area contributed by atoms with Crippen molar-refractivity contribution in [3.05, 3.63) is 64.5 Å². The molecule has 1 aliphatic heterocycles. The zero-order valence-corrected chi connectivity index (χ0v) is 14.5. The summed E-state index contributed by atoms with van der Waals surface area (Å²) in [5, 5.41) is 14.7. The summed E-state index contributed by atoms with van der Waals surface area (Å²) in [6.45, 7) is 1.01. The Hall–Kier alpha value is -2.47. The van der Waals surface area contributed by atoms with Gasteiger partial charge in [0.25, 0.3) is 0 Å². The molecule has 134 valence electrons. The molecule has 2 aliphatic carbocycles. The summed E-state index contributed by atoms with van der Waals surface area (Å²) in [7, 11) is 0. The number of piperidine rings is 1. The number of likely N-dealkylation sites (tertiary alicyclic amines) is 1. The second-order valence-corrected chi connectivity index (χ2v) is 7.89. The molecular formula is C20H22N4O2. The highest BCUT2D eigenvalue weighted by Gasteiger charge is 2.68. The predicted octanol–water partition coefficient (Wildman–Crippen LogP) is 3.60. The van der Waals surface area contributed by atoms with Crippen LogP contribution in [0.4, 0.5) is 11.4 Å². The first-order valence-electron chi connectivity index (χ1n) is 9.32. The third-order valence-electron chi connectivity index (χ3n) is 6.71. The normalized spacial score (nSPS) is 32.1. The summed E-state index contributed by atoms with van der Waals surface area (Å²) in [6.07, 6.45) is 7.70. The minimum atomic E-state index is -0.356. The van der Waals surface area contributed by atoms with Crippen LogP contribution in [0.25, 0.3) is 0 Å². The fourth-order valence-electron chi connectivity index (χ4n) is 5.55. The van der Waals surface area contributed by atoms with Gasteiger partial charge in [-0.15, -0.1) is 0 Å². The van der Waals surface area contributed by atoms with Gasteiger partial charge < -0.3 is 5.32 Å². The van der Waals surface area contributed by atoms with Crippen LogP contribution in [0.5, 0.6) is 0 Å². The maximum Gasteiger partial charge on any atom is 0.310 e. The lowest BCUT2D eigenvalue weighted by Crippen LogP contribution is -2.74. The van der Waals surface area contributed by atoms with Gasteiger partial charge in [-0.1, -0.05) is 30.3 Å². The lowest BCUT2D eigenvalue weighted by molar-refractivity contribution is -0.384. The van der Waals surface area contributed by atoms with Crippen LogP contribution < -0.4 is 5.32 Å². The van der Waals surface area contributed by atoms with Crippen LogP contribution in [-0.4, -0.2) is 32.9 Å². The molecule has 5 rings (SSSR count). The van der Waals surface area contributed by atoms with Gasteiger partial charge in [0.05, 0.1) is 4.92 Å². The van der Waals surface area contributed by atoms with E-state index < -0.39 is 0 Å². The zero-order valence-electron chi connectivity index (χ0n) is 14.5. The summed E-state index contributed by atoms with van der Waals surface area (Å²) in [5.74, 6) is 0. The summed E-state index contributed by atoms with van der Waals surface area (Å²) >= 11 is 0. The third-order valence-corrected chi connectivity index (χ3v) is 6.71. The number of hydrogen-bond acceptors (Lipinski definition) is 5. The molecular weight excluding hydrogens is 328 g/mol. The molecule has 3 aliphatic rings. The van der Waals surface area contributed by atoms with Crippen LogP contribution in [0.3, 0.4) is 0 Å². The summed E-state index contributed by atoms with van der Waals surface area (Å²) in [5.41, 5.74) is 2.47. The Kier molecular flexibility index (Phi) is 3.50. The van der Waals surface area contributed by atoms with E-state index in [2.05, 4.69) is 45.5 Å². The largest absolute Gasteiger partial charge is 0.377 e. The van der Waals surface area contributed by atoms with Crippen LogP contribution in [0.1, 0.15) is 31.2 Å². The van der Waals surface area contributed by atoms with Crippen molar-refractivity contribution in [2.24, 2.45) is 5.41 Å². The van der Waals surface area contributed by atoms with Crippen LogP contribution in [0, 0.1) is 15.5 Å². The number of hydrogen-bond donors (Lipinski definition) is 1. The number of rotatable bonds is 5. The monoisotopic (exact) mass is 350 g/mol. The maximum atomic E-state index is 11.2. The second-order valence-electron chi connectivity index (χ2n) is 7.89. The highest BCUT2D eigenvalue weighted by molar-refractivity contribution is 5.60. The van der Waals surface area contributed by atoms with Gasteiger partial charge in [0.15, 0.2) is 0 Å². The SMILES string of the molecule is O=[N+]([O-])c1cnccc1NC1CC2N(Cc3ccccc3)C3CCC32C1. The number of nitro groups is 1. The Morgan fingerprint density at radius 3 is 2.85 bits per heavy atom. The van der Waals surface area contributed by atoms with E-state index in [-0.39, 0.29) is 10.6 Å². The van der Waals surface area contributed by atoms with Crippen LogP contribution >= 0.6 is 0 Å². The van der Waals surface area contributed by atoms with Crippen molar-refractivity contribution in [2.75, 3.05) is 5.32 Å². The highest BCUT2D eigenvalue weighted by Crippen LogP contribution is 2.65. The molecule has 4 atom stereocenters. The molecule has 6 nitrogen and oxygen atoms in total. The smallest absolute Gasteiger partial charge is 0.310 e. The molecule has 0 radical (unpaired) electrons. The molecule has 0 bridgehead atoms. The van der Waals surface area contributed by atoms with E-state index in [9.17, 15) is 10.1 Å². The van der Waals surface area contributed by atoms with Gasteiger partial charge in [0.1, 0.15) is 11.9 Å². The Morgan fingerprint density at radius 1 is 1.27 bits per heavy atom. The number of benzene rings is 1. The maximum absolute atomic E-state index is 11.2. The second kappa shape index (κ2) is 5.77. The lowest BCUT2D eigenvalue weighted by atomic mass is 9.53. The first kappa shape index (κ1) is 15.8. The van der Waals surface area contributed by atoms with E-state index in [1.807, 2.05) is 0 Å². The van der Waals surface area contributed by atoms with Crippen LogP contribution in [-0.2, 0) is 6.54 Å². The van der Waals surface area contributed by atoms with Gasteiger partial charge in [0.2, 0.25) is 0 Å². The van der Waals surface area contributed by atoms with Gasteiger partial charge >= 0.3 is 5.69 Å². The Labute approximate surface area is 152 Å². The predicted molar refractivity (Wildman–Crippen MR) is 98.8 cm³/mol. The first-order chi connectivity index (χ1) is 12.7. The molecule has 0 amide bonds. The fraction of sp³-hybridized carbons (Fsp3) is 0.450. The van der Waals surface area contributed by atoms with E-state index in [1.54, 1.807) is 12.3 Å². The Balaban J connectivity index is 1.32. The standard InChI is InChI=1S/C20H22N4O2/c25-24(26)17-12-21-9-7-16(17)22-15-10-19-20(11-15)8-6-18(20)23(19)13-14-4-2-1-3-5-14/h1-5,7,9,12,15,18-19H,6,8,10-11,13H2,(H,21,22). The quantitative estimate of drug-likeness (QED) is 0.659. The van der Waals surface area contributed by atoms with Crippen molar-refractivity contribution in [3.8, 4) is 0 Å². The number of nitrogens with one attached hydrogen (secondary N) is 1. The molecule has 2 aromatic rings. The van der Waals surface area contributed by atoms with Crippen LogP contribution in [0.2, 0.25) is 0 Å². The molecule has 1 saturated heterocycles. The zero-order chi connectivity index (χ0) is 17.7. The molecule has 2 heterocycles. The molecule has 4 unspecified atom stereocenters. The summed E-state index contributed by atoms with van der Waals surface area (Å²) in [6, 6.07) is 14.0. The average molecular weight is 350 g/mol. The molecule has 1 spiro atoms. The van der Waals surface area contributed by atoms with Gasteiger partial charge in [-0.3, -0.25) is 20.0 Å². The van der Waals surface area contributed by atoms with Crippen molar-refractivity contribution in [3.63, 3.8) is 0 Å². The molecule has 1 N–H and O–H groups in total. The van der Waals surface area contributed by atoms with Crippen molar-refractivity contribution < 1.29 is 4.92 Å². The molecule has 6 heteroatoms. The number of aromatic nitrogens is 1. The first-order valence-corrected chi connectivity index (χ1v) is 9.32. The van der Waals surface area contributed by atoms with Gasteiger partial charge in [-0.05, 0) is 37.3 Å². The number of anilines is 1. The van der Waals surface area contributed by atoms with E-state index in [4.69, 9.17) is 0 Å². The van der Waals surface area contributed by atoms with E-state index in [1.165, 1.54) is 24.6 Å². The van der Waals surface area contributed by atoms with Gasteiger partial charge in [0, 0.05) is 36.3 Å². The lowest BCUT2D eigenvalue weighted by Gasteiger charge is -2.68. The van der Waals surface area contributed by atoms with E-state index in [0.717, 1.165) is 19.4 Å². The third kappa shape index (κ3) is 2.25. The van der Waals surface area contributed by atoms with Crippen molar-refractivity contribution in [1.82, 2.24) is 9.88 Å². The molecule has 26 heavy (non-hydrogen) atoms. The molecule has 1 aromatic carbocycles. The van der Waals surface area contributed by atoms with E-state index in [0.29, 0.717) is 29.2 Å². The average Bonchev–Trinajstić information content (AvgIpc) is 3.01. The van der Waals surface area contributed by atoms with Gasteiger partial charge in [-0.25, -0.2) is 0 Å². The fourth-order valence-corrected chi connectivity index (χ4v) is 5.55. The van der Waals surface area contributed by atoms with Crippen LogP contribution in [0.15, 0.2) is 48.8 Å². The minimum absolute atomic E-state index is 0.0653. The summed E-state index contributed by atoms with van der Waals surface area (Å²) in [4.78, 5) is 17.4. The molecule has 2 saturated carbocycles. The van der Waals surface area contributed by atoms with Crippen molar-refractivity contribution in [2.45, 2.75) is 50.4 Å². The molecule has 3 fully saturated rings. The van der Waals surface area contributed by atoms with Crippen molar-refractivity contribution >= 4 is 11.4 Å². The topological polar surface area (TPSA) is 71.3 Å². The molecule has 1 aromatic heterocycles. The number of pyridine rings is 1. The van der Waals surface area contributed by atoms with Gasteiger partial charge in [-0.2, -0.15) is 0 Å².